The number of piperidine rings is 1. The van der Waals surface area contributed by atoms with Gasteiger partial charge in [-0.2, -0.15) is 0 Å². The first-order valence-corrected chi connectivity index (χ1v) is 7.82. The van der Waals surface area contributed by atoms with Crippen molar-refractivity contribution in [1.82, 2.24) is 15.4 Å². The van der Waals surface area contributed by atoms with E-state index in [1.165, 1.54) is 24.3 Å². The van der Waals surface area contributed by atoms with Crippen LogP contribution < -0.4 is 5.32 Å². The molecule has 7 heteroatoms. The lowest BCUT2D eigenvalue weighted by atomic mass is 10.0. The maximum Gasteiger partial charge on any atom is 0.276 e. The minimum Gasteiger partial charge on any atom is -0.361 e. The van der Waals surface area contributed by atoms with E-state index in [2.05, 4.69) is 10.5 Å². The van der Waals surface area contributed by atoms with Gasteiger partial charge >= 0.3 is 0 Å². The first kappa shape index (κ1) is 16.2. The summed E-state index contributed by atoms with van der Waals surface area (Å²) in [6, 6.07) is 7.04. The van der Waals surface area contributed by atoms with Crippen LogP contribution in [-0.2, 0) is 0 Å². The molecule has 1 aliphatic heterocycles. The molecule has 0 radical (unpaired) electrons. The Morgan fingerprint density at radius 3 is 2.50 bits per heavy atom. The van der Waals surface area contributed by atoms with Crippen LogP contribution in [0.4, 0.5) is 4.39 Å². The van der Waals surface area contributed by atoms with Gasteiger partial charge in [-0.15, -0.1) is 0 Å². The molecule has 0 saturated carbocycles. The van der Waals surface area contributed by atoms with Gasteiger partial charge in [-0.3, -0.25) is 9.59 Å². The van der Waals surface area contributed by atoms with Gasteiger partial charge in [0.2, 0.25) is 0 Å². The Morgan fingerprint density at radius 2 is 1.92 bits per heavy atom. The lowest BCUT2D eigenvalue weighted by molar-refractivity contribution is 0.0688. The summed E-state index contributed by atoms with van der Waals surface area (Å²) in [4.78, 5) is 26.1. The summed E-state index contributed by atoms with van der Waals surface area (Å²) in [5.41, 5.74) is 0.731. The average Bonchev–Trinajstić information content (AvgIpc) is 3.02. The molecule has 0 spiro atoms. The third-order valence-corrected chi connectivity index (χ3v) is 4.07. The lowest BCUT2D eigenvalue weighted by Gasteiger charge is -2.31. The molecule has 1 saturated heterocycles. The SMILES string of the molecule is Cc1cc(C(=O)N2CCC(NC(=O)c3ccc(F)cc3)CC2)no1. The number of aromatic nitrogens is 1. The molecule has 1 aliphatic rings. The Morgan fingerprint density at radius 1 is 1.25 bits per heavy atom. The van der Waals surface area contributed by atoms with E-state index in [1.807, 2.05) is 0 Å². The molecule has 1 fully saturated rings. The van der Waals surface area contributed by atoms with Gasteiger partial charge < -0.3 is 14.7 Å². The molecule has 3 rings (SSSR count). The fraction of sp³-hybridized carbons (Fsp3) is 0.353. The monoisotopic (exact) mass is 331 g/mol. The summed E-state index contributed by atoms with van der Waals surface area (Å²) < 4.78 is 17.8. The van der Waals surface area contributed by atoms with Crippen molar-refractivity contribution in [3.05, 3.63) is 53.2 Å². The molecular weight excluding hydrogens is 313 g/mol. The number of nitrogens with zero attached hydrogens (tertiary/aromatic N) is 2. The van der Waals surface area contributed by atoms with Crippen LogP contribution in [0.1, 0.15) is 39.4 Å². The summed E-state index contributed by atoms with van der Waals surface area (Å²) in [5, 5.41) is 6.66. The van der Waals surface area contributed by atoms with Crippen molar-refractivity contribution >= 4 is 11.8 Å². The van der Waals surface area contributed by atoms with Gasteiger partial charge in [0.1, 0.15) is 11.6 Å². The third kappa shape index (κ3) is 3.61. The minimum absolute atomic E-state index is 0.00866. The van der Waals surface area contributed by atoms with Gasteiger partial charge in [-0.1, -0.05) is 5.16 Å². The van der Waals surface area contributed by atoms with Crippen LogP contribution in [0, 0.1) is 12.7 Å². The number of halogens is 1. The van der Waals surface area contributed by atoms with E-state index in [0.29, 0.717) is 42.9 Å². The highest BCUT2D eigenvalue weighted by molar-refractivity contribution is 5.94. The molecule has 0 bridgehead atoms. The highest BCUT2D eigenvalue weighted by atomic mass is 19.1. The highest BCUT2D eigenvalue weighted by Gasteiger charge is 2.26. The van der Waals surface area contributed by atoms with Gasteiger partial charge in [-0.05, 0) is 44.0 Å². The molecule has 2 aromatic rings. The molecule has 1 aromatic heterocycles. The zero-order valence-corrected chi connectivity index (χ0v) is 13.3. The van der Waals surface area contributed by atoms with E-state index in [-0.39, 0.29) is 23.7 Å². The molecule has 0 aliphatic carbocycles. The number of nitrogens with one attached hydrogen (secondary N) is 1. The van der Waals surface area contributed by atoms with Crippen LogP contribution in [0.15, 0.2) is 34.9 Å². The van der Waals surface area contributed by atoms with Crippen LogP contribution in [0.2, 0.25) is 0 Å². The fourth-order valence-corrected chi connectivity index (χ4v) is 2.73. The molecule has 1 aromatic carbocycles. The van der Waals surface area contributed by atoms with Crippen LogP contribution in [0.5, 0.6) is 0 Å². The maximum absolute atomic E-state index is 12.9. The summed E-state index contributed by atoms with van der Waals surface area (Å²) >= 11 is 0. The summed E-state index contributed by atoms with van der Waals surface area (Å²) in [7, 11) is 0. The molecule has 2 heterocycles. The van der Waals surface area contributed by atoms with E-state index >= 15 is 0 Å². The number of benzene rings is 1. The summed E-state index contributed by atoms with van der Waals surface area (Å²) in [6.45, 7) is 2.82. The van der Waals surface area contributed by atoms with E-state index in [0.717, 1.165) is 0 Å². The molecule has 1 N–H and O–H groups in total. The molecule has 24 heavy (non-hydrogen) atoms. The number of likely N-dealkylation sites (tertiary alicyclic amines) is 1. The molecule has 6 nitrogen and oxygen atoms in total. The largest absolute Gasteiger partial charge is 0.361 e. The Bertz CT molecular complexity index is 734. The van der Waals surface area contributed by atoms with Gasteiger partial charge in [-0.25, -0.2) is 4.39 Å². The quantitative estimate of drug-likeness (QED) is 0.935. The van der Waals surface area contributed by atoms with E-state index in [9.17, 15) is 14.0 Å². The number of aryl methyl sites for hydroxylation is 1. The standard InChI is InChI=1S/C17H18FN3O3/c1-11-10-15(20-24-11)17(23)21-8-6-14(7-9-21)19-16(22)12-2-4-13(18)5-3-12/h2-5,10,14H,6-9H2,1H3,(H,19,22). The second-order valence-electron chi connectivity index (χ2n) is 5.87. The first-order chi connectivity index (χ1) is 11.5. The Hall–Kier alpha value is -2.70. The molecule has 0 atom stereocenters. The second-order valence-corrected chi connectivity index (χ2v) is 5.87. The first-order valence-electron chi connectivity index (χ1n) is 7.82. The maximum atomic E-state index is 12.9. The zero-order chi connectivity index (χ0) is 17.1. The number of hydrogen-bond donors (Lipinski definition) is 1. The highest BCUT2D eigenvalue weighted by Crippen LogP contribution is 2.15. The van der Waals surface area contributed by atoms with Gasteiger partial charge in [0.15, 0.2) is 5.69 Å². The summed E-state index contributed by atoms with van der Waals surface area (Å²) in [5.74, 6) is -0.164. The second kappa shape index (κ2) is 6.82. The van der Waals surface area contributed by atoms with Crippen LogP contribution in [-0.4, -0.2) is 41.0 Å². The zero-order valence-electron chi connectivity index (χ0n) is 13.3. The number of amides is 2. The molecular formula is C17H18FN3O3. The van der Waals surface area contributed by atoms with Crippen molar-refractivity contribution in [2.75, 3.05) is 13.1 Å². The molecule has 126 valence electrons. The normalized spacial score (nSPS) is 15.3. The van der Waals surface area contributed by atoms with Gasteiger partial charge in [0, 0.05) is 30.8 Å². The Labute approximate surface area is 138 Å². The molecule has 0 unspecified atom stereocenters. The van der Waals surface area contributed by atoms with Crippen molar-refractivity contribution in [2.24, 2.45) is 0 Å². The predicted octanol–water partition coefficient (Wildman–Crippen LogP) is 2.16. The lowest BCUT2D eigenvalue weighted by Crippen LogP contribution is -2.46. The smallest absolute Gasteiger partial charge is 0.276 e. The minimum atomic E-state index is -0.374. The van der Waals surface area contributed by atoms with Crippen LogP contribution in [0.3, 0.4) is 0 Å². The molecule has 2 amide bonds. The third-order valence-electron chi connectivity index (χ3n) is 4.07. The van der Waals surface area contributed by atoms with Crippen molar-refractivity contribution in [3.63, 3.8) is 0 Å². The van der Waals surface area contributed by atoms with Crippen molar-refractivity contribution in [1.29, 1.82) is 0 Å². The van der Waals surface area contributed by atoms with E-state index in [1.54, 1.807) is 17.9 Å². The number of carbonyl (C=O) groups excluding carboxylic acids is 2. The van der Waals surface area contributed by atoms with E-state index in [4.69, 9.17) is 4.52 Å². The van der Waals surface area contributed by atoms with Crippen molar-refractivity contribution < 1.29 is 18.5 Å². The van der Waals surface area contributed by atoms with Gasteiger partial charge in [0.25, 0.3) is 11.8 Å². The van der Waals surface area contributed by atoms with Crippen LogP contribution >= 0.6 is 0 Å². The number of hydrogen-bond acceptors (Lipinski definition) is 4. The van der Waals surface area contributed by atoms with Crippen molar-refractivity contribution in [2.45, 2.75) is 25.8 Å². The number of carbonyl (C=O) groups is 2. The van der Waals surface area contributed by atoms with Gasteiger partial charge in [0.05, 0.1) is 0 Å². The van der Waals surface area contributed by atoms with E-state index < -0.39 is 0 Å². The fourth-order valence-electron chi connectivity index (χ4n) is 2.73. The topological polar surface area (TPSA) is 75.4 Å². The summed E-state index contributed by atoms with van der Waals surface area (Å²) in [6.07, 6.45) is 1.32. The predicted molar refractivity (Wildman–Crippen MR) is 84.0 cm³/mol. The Kier molecular flexibility index (Phi) is 4.59. The average molecular weight is 331 g/mol. The van der Waals surface area contributed by atoms with Crippen LogP contribution in [0.25, 0.3) is 0 Å². The van der Waals surface area contributed by atoms with Crippen molar-refractivity contribution in [3.8, 4) is 0 Å². The Balaban J connectivity index is 1.52. The number of rotatable bonds is 3.